The zero-order chi connectivity index (χ0) is 18.5. The van der Waals surface area contributed by atoms with Crippen molar-refractivity contribution in [1.82, 2.24) is 15.3 Å². The van der Waals surface area contributed by atoms with Crippen molar-refractivity contribution < 1.29 is 9.90 Å². The maximum atomic E-state index is 12.4. The maximum absolute atomic E-state index is 12.4. The molecule has 7 heteroatoms. The normalized spacial score (nSPS) is 10.6. The van der Waals surface area contributed by atoms with E-state index < -0.39 is 0 Å². The number of amides is 1. The second-order valence-electron chi connectivity index (χ2n) is 5.98. The number of thiazole rings is 1. The van der Waals surface area contributed by atoms with E-state index in [1.54, 1.807) is 17.8 Å². The molecular weight excluding hydrogens is 348 g/mol. The highest BCUT2D eigenvalue weighted by atomic mass is 32.1. The van der Waals surface area contributed by atoms with Gasteiger partial charge in [-0.05, 0) is 23.8 Å². The second-order valence-corrected chi connectivity index (χ2v) is 6.92. The maximum Gasteiger partial charge on any atom is 0.253 e. The van der Waals surface area contributed by atoms with Crippen molar-refractivity contribution in [2.24, 2.45) is 0 Å². The Morgan fingerprint density at radius 1 is 1.19 bits per heavy atom. The fraction of sp³-hybridized carbons (Fsp3) is 0.211. The molecule has 0 atom stereocenters. The Kier molecular flexibility index (Phi) is 5.60. The van der Waals surface area contributed by atoms with Crippen LogP contribution in [0.2, 0.25) is 0 Å². The van der Waals surface area contributed by atoms with Gasteiger partial charge in [-0.25, -0.2) is 4.98 Å². The number of pyridine rings is 1. The van der Waals surface area contributed by atoms with Crippen LogP contribution in [0.1, 0.15) is 21.1 Å². The van der Waals surface area contributed by atoms with E-state index in [1.165, 1.54) is 11.3 Å². The molecule has 2 heterocycles. The first-order valence-electron chi connectivity index (χ1n) is 8.12. The van der Waals surface area contributed by atoms with Gasteiger partial charge in [-0.1, -0.05) is 12.1 Å². The zero-order valence-corrected chi connectivity index (χ0v) is 15.5. The molecule has 2 aromatic heterocycles. The molecule has 0 aliphatic carbocycles. The van der Waals surface area contributed by atoms with Crippen molar-refractivity contribution in [3.63, 3.8) is 0 Å². The summed E-state index contributed by atoms with van der Waals surface area (Å²) in [5, 5.41) is 14.4. The standard InChI is InChI=1S/C19H20N4O2S/c1-23(2)17-5-3-13(4-6-17)14-7-15(9-20-8-14)19(25)21-10-18-22-16(11-24)12-26-18/h3-9,12,24H,10-11H2,1-2H3,(H,21,25). The van der Waals surface area contributed by atoms with Gasteiger partial charge >= 0.3 is 0 Å². The minimum Gasteiger partial charge on any atom is -0.390 e. The van der Waals surface area contributed by atoms with Crippen LogP contribution in [0.5, 0.6) is 0 Å². The number of aliphatic hydroxyl groups excluding tert-OH is 1. The van der Waals surface area contributed by atoms with Gasteiger partial charge < -0.3 is 15.3 Å². The summed E-state index contributed by atoms with van der Waals surface area (Å²) in [6.07, 6.45) is 3.30. The number of nitrogens with zero attached hydrogens (tertiary/aromatic N) is 3. The molecule has 3 aromatic rings. The van der Waals surface area contributed by atoms with Crippen LogP contribution in [0.3, 0.4) is 0 Å². The summed E-state index contributed by atoms with van der Waals surface area (Å²) in [7, 11) is 3.99. The number of benzene rings is 1. The van der Waals surface area contributed by atoms with Crippen molar-refractivity contribution in [1.29, 1.82) is 0 Å². The lowest BCUT2D eigenvalue weighted by atomic mass is 10.1. The number of anilines is 1. The molecule has 134 valence electrons. The molecule has 3 rings (SSSR count). The topological polar surface area (TPSA) is 78.4 Å². The highest BCUT2D eigenvalue weighted by Gasteiger charge is 2.09. The SMILES string of the molecule is CN(C)c1ccc(-c2cncc(C(=O)NCc3nc(CO)cs3)c2)cc1. The Morgan fingerprint density at radius 3 is 2.62 bits per heavy atom. The Morgan fingerprint density at radius 2 is 1.96 bits per heavy atom. The highest BCUT2D eigenvalue weighted by molar-refractivity contribution is 7.09. The van der Waals surface area contributed by atoms with Gasteiger partial charge in [0.15, 0.2) is 0 Å². The van der Waals surface area contributed by atoms with E-state index in [9.17, 15) is 4.79 Å². The van der Waals surface area contributed by atoms with Crippen LogP contribution in [0, 0.1) is 0 Å². The molecule has 0 saturated carbocycles. The van der Waals surface area contributed by atoms with Gasteiger partial charge in [0.05, 0.1) is 24.4 Å². The molecule has 26 heavy (non-hydrogen) atoms. The summed E-state index contributed by atoms with van der Waals surface area (Å²) < 4.78 is 0. The molecule has 2 N–H and O–H groups in total. The van der Waals surface area contributed by atoms with Gasteiger partial charge in [-0.15, -0.1) is 11.3 Å². The largest absolute Gasteiger partial charge is 0.390 e. The van der Waals surface area contributed by atoms with E-state index in [1.807, 2.05) is 49.3 Å². The summed E-state index contributed by atoms with van der Waals surface area (Å²) in [6, 6.07) is 9.92. The van der Waals surface area contributed by atoms with E-state index in [4.69, 9.17) is 5.11 Å². The molecule has 0 aliphatic rings. The van der Waals surface area contributed by atoms with Gasteiger partial charge in [-0.3, -0.25) is 9.78 Å². The summed E-state index contributed by atoms with van der Waals surface area (Å²) >= 11 is 1.41. The van der Waals surface area contributed by atoms with E-state index in [-0.39, 0.29) is 12.5 Å². The van der Waals surface area contributed by atoms with Crippen molar-refractivity contribution in [3.05, 3.63) is 64.4 Å². The number of hydrogen-bond acceptors (Lipinski definition) is 6. The number of carbonyl (C=O) groups is 1. The van der Waals surface area contributed by atoms with Gasteiger partial charge in [0.2, 0.25) is 0 Å². The zero-order valence-electron chi connectivity index (χ0n) is 14.6. The fourth-order valence-electron chi connectivity index (χ4n) is 2.43. The first-order chi connectivity index (χ1) is 12.6. The van der Waals surface area contributed by atoms with Gasteiger partial charge in [-0.2, -0.15) is 0 Å². The average Bonchev–Trinajstić information content (AvgIpc) is 3.14. The molecule has 0 spiro atoms. The third-order valence-electron chi connectivity index (χ3n) is 3.88. The molecule has 0 unspecified atom stereocenters. The number of aliphatic hydroxyl groups is 1. The van der Waals surface area contributed by atoms with Crippen molar-refractivity contribution in [3.8, 4) is 11.1 Å². The first-order valence-corrected chi connectivity index (χ1v) is 9.00. The number of aromatic nitrogens is 2. The summed E-state index contributed by atoms with van der Waals surface area (Å²) in [6.45, 7) is 0.230. The quantitative estimate of drug-likeness (QED) is 0.699. The monoisotopic (exact) mass is 368 g/mol. The van der Waals surface area contributed by atoms with Crippen LogP contribution < -0.4 is 10.2 Å². The summed E-state index contributed by atoms with van der Waals surface area (Å²) in [5.41, 5.74) is 4.12. The second kappa shape index (κ2) is 8.07. The smallest absolute Gasteiger partial charge is 0.253 e. The van der Waals surface area contributed by atoms with E-state index in [2.05, 4.69) is 15.3 Å². The predicted molar refractivity (Wildman–Crippen MR) is 103 cm³/mol. The molecule has 6 nitrogen and oxygen atoms in total. The van der Waals surface area contributed by atoms with Gasteiger partial charge in [0, 0.05) is 43.1 Å². The Balaban J connectivity index is 1.70. The Hall–Kier alpha value is -2.77. The number of nitrogens with one attached hydrogen (secondary N) is 1. The fourth-order valence-corrected chi connectivity index (χ4v) is 3.16. The Labute approximate surface area is 156 Å². The third kappa shape index (κ3) is 4.25. The van der Waals surface area contributed by atoms with Crippen molar-refractivity contribution in [2.75, 3.05) is 19.0 Å². The lowest BCUT2D eigenvalue weighted by Crippen LogP contribution is -2.22. The molecule has 0 fully saturated rings. The molecule has 1 aromatic carbocycles. The van der Waals surface area contributed by atoms with Crippen LogP contribution in [-0.2, 0) is 13.2 Å². The number of rotatable bonds is 6. The summed E-state index contributed by atoms with van der Waals surface area (Å²) in [4.78, 5) is 22.8. The molecule has 0 saturated heterocycles. The first kappa shape index (κ1) is 18.0. The van der Waals surface area contributed by atoms with Crippen LogP contribution >= 0.6 is 11.3 Å². The minimum atomic E-state index is -0.204. The summed E-state index contributed by atoms with van der Waals surface area (Å²) in [5.74, 6) is -0.204. The van der Waals surface area contributed by atoms with Crippen LogP contribution in [0.25, 0.3) is 11.1 Å². The molecule has 0 radical (unpaired) electrons. The lowest BCUT2D eigenvalue weighted by molar-refractivity contribution is 0.0950. The van der Waals surface area contributed by atoms with Gasteiger partial charge in [0.25, 0.3) is 5.91 Å². The van der Waals surface area contributed by atoms with Gasteiger partial charge in [0.1, 0.15) is 5.01 Å². The van der Waals surface area contributed by atoms with Crippen LogP contribution in [-0.4, -0.2) is 35.1 Å². The van der Waals surface area contributed by atoms with Crippen molar-refractivity contribution in [2.45, 2.75) is 13.2 Å². The molecule has 0 bridgehead atoms. The van der Waals surface area contributed by atoms with Crippen LogP contribution in [0.15, 0.2) is 48.1 Å². The number of carbonyl (C=O) groups excluding carboxylic acids is 1. The molecular formula is C19H20N4O2S. The molecule has 1 amide bonds. The van der Waals surface area contributed by atoms with Crippen LogP contribution in [0.4, 0.5) is 5.69 Å². The Bertz CT molecular complexity index is 891. The lowest BCUT2D eigenvalue weighted by Gasteiger charge is -2.13. The number of hydrogen-bond donors (Lipinski definition) is 2. The minimum absolute atomic E-state index is 0.0942. The third-order valence-corrected chi connectivity index (χ3v) is 4.78. The average molecular weight is 368 g/mol. The highest BCUT2D eigenvalue weighted by Crippen LogP contribution is 2.22. The van der Waals surface area contributed by atoms with E-state index in [0.29, 0.717) is 17.8 Å². The molecule has 0 aliphatic heterocycles. The van der Waals surface area contributed by atoms with Crippen molar-refractivity contribution >= 4 is 22.9 Å². The van der Waals surface area contributed by atoms with E-state index in [0.717, 1.165) is 21.8 Å². The van der Waals surface area contributed by atoms with E-state index >= 15 is 0 Å². The predicted octanol–water partition coefficient (Wildman–Crippen LogP) is 2.69.